The minimum atomic E-state index is -0.561. The van der Waals surface area contributed by atoms with Crippen molar-refractivity contribution in [2.75, 3.05) is 0 Å². The highest BCUT2D eigenvalue weighted by atomic mass is 79.9. The van der Waals surface area contributed by atoms with Gasteiger partial charge in [-0.1, -0.05) is 57.3 Å². The summed E-state index contributed by atoms with van der Waals surface area (Å²) >= 11 is 15.0. The van der Waals surface area contributed by atoms with E-state index in [0.29, 0.717) is 11.1 Å². The number of alkyl halides is 1. The lowest BCUT2D eigenvalue weighted by Crippen LogP contribution is -1.95. The van der Waals surface area contributed by atoms with Crippen LogP contribution in [0.2, 0.25) is 10.0 Å². The Morgan fingerprint density at radius 2 is 1.80 bits per heavy atom. The minimum Gasteiger partial charge on any atom is -0.450 e. The molecule has 104 valence electrons. The van der Waals surface area contributed by atoms with E-state index >= 15 is 0 Å². The van der Waals surface area contributed by atoms with Crippen molar-refractivity contribution in [1.29, 1.82) is 0 Å². The second kappa shape index (κ2) is 6.43. The lowest BCUT2D eigenvalue weighted by Gasteiger charge is -2.10. The first-order valence-electron chi connectivity index (χ1n) is 5.48. The third kappa shape index (κ3) is 3.23. The summed E-state index contributed by atoms with van der Waals surface area (Å²) in [6, 6.07) is 9.73. The van der Waals surface area contributed by atoms with Crippen molar-refractivity contribution in [2.45, 2.75) is 5.33 Å². The molecular formula is C13H8BrCl2NO3. The topological polar surface area (TPSA) is 52.4 Å². The number of para-hydroxylation sites is 1. The first-order valence-corrected chi connectivity index (χ1v) is 7.36. The first kappa shape index (κ1) is 15.1. The van der Waals surface area contributed by atoms with E-state index in [2.05, 4.69) is 15.9 Å². The van der Waals surface area contributed by atoms with E-state index in [0.717, 1.165) is 5.56 Å². The average molecular weight is 377 g/mol. The lowest BCUT2D eigenvalue weighted by molar-refractivity contribution is -0.385. The highest BCUT2D eigenvalue weighted by Gasteiger charge is 2.19. The quantitative estimate of drug-likeness (QED) is 0.397. The molecule has 0 aromatic heterocycles. The maximum absolute atomic E-state index is 11.0. The standard InChI is InChI=1S/C13H8BrCl2NO3/c14-7-8-3-1-2-4-12(8)20-13-6-10(16)9(15)5-11(13)17(18)19/h1-6H,7H2. The van der Waals surface area contributed by atoms with Crippen molar-refractivity contribution in [3.8, 4) is 11.5 Å². The van der Waals surface area contributed by atoms with Gasteiger partial charge in [0.05, 0.1) is 15.0 Å². The molecule has 0 heterocycles. The molecule has 0 saturated heterocycles. The molecule has 2 aromatic rings. The molecule has 2 aromatic carbocycles. The molecule has 0 fully saturated rings. The molecule has 0 N–H and O–H groups in total. The molecule has 0 radical (unpaired) electrons. The van der Waals surface area contributed by atoms with Crippen LogP contribution in [-0.4, -0.2) is 4.92 Å². The van der Waals surface area contributed by atoms with Crippen LogP contribution in [0.4, 0.5) is 5.69 Å². The normalized spacial score (nSPS) is 10.3. The van der Waals surface area contributed by atoms with Gasteiger partial charge in [-0.2, -0.15) is 0 Å². The number of hydrogen-bond acceptors (Lipinski definition) is 3. The van der Waals surface area contributed by atoms with Gasteiger partial charge in [0, 0.05) is 23.0 Å². The molecule has 20 heavy (non-hydrogen) atoms. The zero-order chi connectivity index (χ0) is 14.7. The van der Waals surface area contributed by atoms with Gasteiger partial charge < -0.3 is 4.74 Å². The van der Waals surface area contributed by atoms with Crippen molar-refractivity contribution < 1.29 is 9.66 Å². The van der Waals surface area contributed by atoms with Gasteiger partial charge >= 0.3 is 5.69 Å². The molecule has 0 aliphatic rings. The predicted molar refractivity (Wildman–Crippen MR) is 82.3 cm³/mol. The zero-order valence-corrected chi connectivity index (χ0v) is 13.1. The highest BCUT2D eigenvalue weighted by Crippen LogP contribution is 2.39. The molecule has 0 spiro atoms. The van der Waals surface area contributed by atoms with E-state index in [1.807, 2.05) is 12.1 Å². The second-order valence-electron chi connectivity index (χ2n) is 3.83. The predicted octanol–water partition coefficient (Wildman–Crippen LogP) is 5.59. The molecule has 4 nitrogen and oxygen atoms in total. The Balaban J connectivity index is 2.47. The van der Waals surface area contributed by atoms with E-state index < -0.39 is 4.92 Å². The molecule has 0 bridgehead atoms. The SMILES string of the molecule is O=[N+]([O-])c1cc(Cl)c(Cl)cc1Oc1ccccc1CBr. The Bertz CT molecular complexity index is 664. The van der Waals surface area contributed by atoms with Crippen molar-refractivity contribution in [3.05, 3.63) is 62.1 Å². The third-order valence-electron chi connectivity index (χ3n) is 2.54. The Morgan fingerprint density at radius 1 is 1.15 bits per heavy atom. The van der Waals surface area contributed by atoms with Crippen LogP contribution in [0.1, 0.15) is 5.56 Å². The number of ether oxygens (including phenoxy) is 1. The molecule has 0 saturated carbocycles. The molecule has 7 heteroatoms. The lowest BCUT2D eigenvalue weighted by atomic mass is 10.2. The van der Waals surface area contributed by atoms with Gasteiger partial charge in [-0.25, -0.2) is 0 Å². The average Bonchev–Trinajstić information content (AvgIpc) is 2.43. The maximum Gasteiger partial charge on any atom is 0.313 e. The summed E-state index contributed by atoms with van der Waals surface area (Å²) in [6.45, 7) is 0. The number of nitrogens with zero attached hydrogens (tertiary/aromatic N) is 1. The number of benzene rings is 2. The van der Waals surface area contributed by atoms with Gasteiger partial charge in [0.25, 0.3) is 0 Å². The Labute approximate surface area is 133 Å². The van der Waals surface area contributed by atoms with Crippen LogP contribution in [0.3, 0.4) is 0 Å². The van der Waals surface area contributed by atoms with Crippen LogP contribution in [0.15, 0.2) is 36.4 Å². The van der Waals surface area contributed by atoms with Gasteiger partial charge in [0.2, 0.25) is 5.75 Å². The van der Waals surface area contributed by atoms with E-state index in [-0.39, 0.29) is 21.5 Å². The number of hydrogen-bond donors (Lipinski definition) is 0. The van der Waals surface area contributed by atoms with Crippen LogP contribution < -0.4 is 4.74 Å². The second-order valence-corrected chi connectivity index (χ2v) is 5.21. The summed E-state index contributed by atoms with van der Waals surface area (Å²) < 4.78 is 5.61. The molecule has 0 amide bonds. The zero-order valence-electron chi connectivity index (χ0n) is 9.98. The number of nitro groups is 1. The largest absolute Gasteiger partial charge is 0.450 e. The van der Waals surface area contributed by atoms with Crippen molar-refractivity contribution >= 4 is 44.8 Å². The molecule has 0 atom stereocenters. The summed E-state index contributed by atoms with van der Waals surface area (Å²) in [7, 11) is 0. The van der Waals surface area contributed by atoms with Crippen LogP contribution in [0.5, 0.6) is 11.5 Å². The van der Waals surface area contributed by atoms with Crippen molar-refractivity contribution in [2.24, 2.45) is 0 Å². The van der Waals surface area contributed by atoms with Gasteiger partial charge in [-0.15, -0.1) is 0 Å². The van der Waals surface area contributed by atoms with Gasteiger partial charge in [0.1, 0.15) is 5.75 Å². The third-order valence-corrected chi connectivity index (χ3v) is 3.86. The van der Waals surface area contributed by atoms with Gasteiger partial charge in [-0.3, -0.25) is 10.1 Å². The number of nitro benzene ring substituents is 1. The van der Waals surface area contributed by atoms with Crippen molar-refractivity contribution in [1.82, 2.24) is 0 Å². The fourth-order valence-electron chi connectivity index (χ4n) is 1.57. The summed E-state index contributed by atoms with van der Waals surface area (Å²) in [5, 5.41) is 11.9. The van der Waals surface area contributed by atoms with Crippen molar-refractivity contribution in [3.63, 3.8) is 0 Å². The Kier molecular flexibility index (Phi) is 4.86. The minimum absolute atomic E-state index is 0.0535. The summed E-state index contributed by atoms with van der Waals surface area (Å²) in [5.41, 5.74) is 0.636. The molecular weight excluding hydrogens is 369 g/mol. The Morgan fingerprint density at radius 3 is 2.45 bits per heavy atom. The molecule has 0 aliphatic heterocycles. The van der Waals surface area contributed by atoms with E-state index in [9.17, 15) is 10.1 Å². The summed E-state index contributed by atoms with van der Waals surface area (Å²) in [5.74, 6) is 0.573. The van der Waals surface area contributed by atoms with E-state index in [4.69, 9.17) is 27.9 Å². The fraction of sp³-hybridized carbons (Fsp3) is 0.0769. The molecule has 0 aliphatic carbocycles. The summed E-state index contributed by atoms with van der Waals surface area (Å²) in [4.78, 5) is 10.5. The fourth-order valence-corrected chi connectivity index (χ4v) is 2.35. The number of rotatable bonds is 4. The van der Waals surface area contributed by atoms with Crippen LogP contribution >= 0.6 is 39.1 Å². The molecule has 0 unspecified atom stereocenters. The smallest absolute Gasteiger partial charge is 0.313 e. The monoisotopic (exact) mass is 375 g/mol. The van der Waals surface area contributed by atoms with Crippen LogP contribution in [-0.2, 0) is 5.33 Å². The first-order chi connectivity index (χ1) is 9.52. The van der Waals surface area contributed by atoms with Crippen LogP contribution in [0, 0.1) is 10.1 Å². The Hall–Kier alpha value is -1.30. The molecule has 2 rings (SSSR count). The number of halogens is 3. The highest BCUT2D eigenvalue weighted by molar-refractivity contribution is 9.08. The van der Waals surface area contributed by atoms with E-state index in [1.54, 1.807) is 12.1 Å². The van der Waals surface area contributed by atoms with Gasteiger partial charge in [-0.05, 0) is 6.07 Å². The summed E-state index contributed by atoms with van der Waals surface area (Å²) in [6.07, 6.45) is 0. The maximum atomic E-state index is 11.0. The van der Waals surface area contributed by atoms with E-state index in [1.165, 1.54) is 12.1 Å². The van der Waals surface area contributed by atoms with Gasteiger partial charge in [0.15, 0.2) is 0 Å². The van der Waals surface area contributed by atoms with Crippen LogP contribution in [0.25, 0.3) is 0 Å².